The highest BCUT2D eigenvalue weighted by Crippen LogP contribution is 2.38. The van der Waals surface area contributed by atoms with Crippen LogP contribution in [0.15, 0.2) is 17.4 Å². The molecule has 0 bridgehead atoms. The smallest absolute Gasteiger partial charge is 0.130 e. The Hall–Kier alpha value is -0.770. The minimum atomic E-state index is 0.379. The Morgan fingerprint density at radius 2 is 2.25 bits per heavy atom. The van der Waals surface area contributed by atoms with E-state index in [-0.39, 0.29) is 0 Å². The summed E-state index contributed by atoms with van der Waals surface area (Å²) >= 11 is 1.65. The van der Waals surface area contributed by atoms with Gasteiger partial charge in [0.15, 0.2) is 0 Å². The van der Waals surface area contributed by atoms with Crippen LogP contribution < -0.4 is 5.32 Å². The molecule has 0 aromatic carbocycles. The van der Waals surface area contributed by atoms with E-state index in [9.17, 15) is 0 Å². The third-order valence-electron chi connectivity index (χ3n) is 3.43. The second kappa shape index (κ2) is 4.62. The van der Waals surface area contributed by atoms with Crippen LogP contribution in [0.4, 0.5) is 5.82 Å². The van der Waals surface area contributed by atoms with Gasteiger partial charge in [0, 0.05) is 12.1 Å². The first-order chi connectivity index (χ1) is 7.62. The molecule has 1 aromatic rings. The zero-order valence-corrected chi connectivity index (χ0v) is 11.0. The van der Waals surface area contributed by atoms with E-state index in [1.54, 1.807) is 18.1 Å². The molecule has 1 unspecified atom stereocenters. The summed E-state index contributed by atoms with van der Waals surface area (Å²) in [5.74, 6) is 0.958. The number of rotatable bonds is 3. The lowest BCUT2D eigenvalue weighted by atomic mass is 9.87. The average Bonchev–Trinajstić information content (AvgIpc) is 2.59. The molecule has 1 heterocycles. The normalized spacial score (nSPS) is 23.3. The zero-order chi connectivity index (χ0) is 11.6. The molecule has 1 aliphatic carbocycles. The Balaban J connectivity index is 2.08. The molecule has 0 spiro atoms. The molecule has 88 valence electrons. The SMILES string of the molecule is CSc1cc(NC2CCCC2(C)C)ncn1. The minimum absolute atomic E-state index is 0.379. The van der Waals surface area contributed by atoms with Gasteiger partial charge in [-0.05, 0) is 24.5 Å². The Labute approximate surface area is 101 Å². The fourth-order valence-electron chi connectivity index (χ4n) is 2.30. The van der Waals surface area contributed by atoms with E-state index in [1.807, 2.05) is 12.3 Å². The van der Waals surface area contributed by atoms with Crippen molar-refractivity contribution in [3.63, 3.8) is 0 Å². The predicted octanol–water partition coefficient (Wildman–Crippen LogP) is 3.19. The minimum Gasteiger partial charge on any atom is -0.367 e. The lowest BCUT2D eigenvalue weighted by molar-refractivity contribution is 0.349. The number of anilines is 1. The van der Waals surface area contributed by atoms with Crippen molar-refractivity contribution in [2.45, 2.75) is 44.2 Å². The molecule has 0 radical (unpaired) electrons. The third kappa shape index (κ3) is 2.48. The van der Waals surface area contributed by atoms with Crippen molar-refractivity contribution in [1.82, 2.24) is 9.97 Å². The van der Waals surface area contributed by atoms with Gasteiger partial charge in [-0.1, -0.05) is 20.3 Å². The average molecular weight is 237 g/mol. The summed E-state index contributed by atoms with van der Waals surface area (Å²) in [6.07, 6.45) is 7.52. The van der Waals surface area contributed by atoms with E-state index in [2.05, 4.69) is 29.1 Å². The van der Waals surface area contributed by atoms with Gasteiger partial charge in [0.05, 0.1) is 0 Å². The molecule has 3 nitrogen and oxygen atoms in total. The maximum Gasteiger partial charge on any atom is 0.130 e. The largest absolute Gasteiger partial charge is 0.367 e. The van der Waals surface area contributed by atoms with Crippen LogP contribution in [0.25, 0.3) is 0 Å². The van der Waals surface area contributed by atoms with E-state index in [0.717, 1.165) is 10.8 Å². The molecule has 1 aliphatic rings. The molecule has 4 heteroatoms. The molecule has 2 rings (SSSR count). The van der Waals surface area contributed by atoms with Crippen molar-refractivity contribution < 1.29 is 0 Å². The summed E-state index contributed by atoms with van der Waals surface area (Å²) in [7, 11) is 0. The molecule has 1 fully saturated rings. The summed E-state index contributed by atoms with van der Waals surface area (Å²) in [4.78, 5) is 8.46. The Bertz CT molecular complexity index is 365. The molecule has 1 N–H and O–H groups in total. The van der Waals surface area contributed by atoms with Crippen molar-refractivity contribution in [3.8, 4) is 0 Å². The van der Waals surface area contributed by atoms with Crippen molar-refractivity contribution >= 4 is 17.6 Å². The first-order valence-corrected chi connectivity index (χ1v) is 6.97. The lowest BCUT2D eigenvalue weighted by Gasteiger charge is -2.28. The second-order valence-corrected chi connectivity index (χ2v) is 5.85. The quantitative estimate of drug-likeness (QED) is 0.647. The van der Waals surface area contributed by atoms with E-state index in [0.29, 0.717) is 11.5 Å². The highest BCUT2D eigenvalue weighted by molar-refractivity contribution is 7.98. The van der Waals surface area contributed by atoms with Crippen LogP contribution in [-0.2, 0) is 0 Å². The Kier molecular flexibility index (Phi) is 3.38. The topological polar surface area (TPSA) is 37.8 Å². The molecule has 1 atom stereocenters. The van der Waals surface area contributed by atoms with Crippen LogP contribution in [0.2, 0.25) is 0 Å². The second-order valence-electron chi connectivity index (χ2n) is 5.02. The van der Waals surface area contributed by atoms with Crippen LogP contribution in [-0.4, -0.2) is 22.3 Å². The molecule has 1 aromatic heterocycles. The number of thioether (sulfide) groups is 1. The highest BCUT2D eigenvalue weighted by atomic mass is 32.2. The lowest BCUT2D eigenvalue weighted by Crippen LogP contribution is -2.31. The highest BCUT2D eigenvalue weighted by Gasteiger charge is 2.34. The van der Waals surface area contributed by atoms with E-state index >= 15 is 0 Å². The van der Waals surface area contributed by atoms with Gasteiger partial charge >= 0.3 is 0 Å². The van der Waals surface area contributed by atoms with Crippen LogP contribution in [0, 0.1) is 5.41 Å². The fourth-order valence-corrected chi connectivity index (χ4v) is 2.68. The van der Waals surface area contributed by atoms with Crippen molar-refractivity contribution in [1.29, 1.82) is 0 Å². The summed E-state index contributed by atoms with van der Waals surface area (Å²) in [6, 6.07) is 2.57. The van der Waals surface area contributed by atoms with E-state index in [1.165, 1.54) is 19.3 Å². The first kappa shape index (κ1) is 11.7. The van der Waals surface area contributed by atoms with Crippen LogP contribution in [0.5, 0.6) is 0 Å². The number of hydrogen-bond acceptors (Lipinski definition) is 4. The maximum absolute atomic E-state index is 4.28. The van der Waals surface area contributed by atoms with Crippen LogP contribution in [0.1, 0.15) is 33.1 Å². The van der Waals surface area contributed by atoms with E-state index < -0.39 is 0 Å². The van der Waals surface area contributed by atoms with Gasteiger partial charge in [-0.3, -0.25) is 0 Å². The zero-order valence-electron chi connectivity index (χ0n) is 10.2. The standard InChI is InChI=1S/C12H19N3S/c1-12(2)6-4-5-9(12)15-10-7-11(16-3)14-8-13-10/h7-9H,4-6H2,1-3H3,(H,13,14,15). The Morgan fingerprint density at radius 3 is 2.88 bits per heavy atom. The van der Waals surface area contributed by atoms with Gasteiger partial charge in [-0.15, -0.1) is 11.8 Å². The van der Waals surface area contributed by atoms with Gasteiger partial charge in [0.2, 0.25) is 0 Å². The predicted molar refractivity (Wildman–Crippen MR) is 68.9 cm³/mol. The van der Waals surface area contributed by atoms with E-state index in [4.69, 9.17) is 0 Å². The van der Waals surface area contributed by atoms with Gasteiger partial charge in [-0.25, -0.2) is 9.97 Å². The molecular formula is C12H19N3S. The maximum atomic E-state index is 4.28. The number of aromatic nitrogens is 2. The summed E-state index contributed by atoms with van der Waals surface area (Å²) in [5, 5.41) is 4.56. The van der Waals surface area contributed by atoms with Crippen LogP contribution >= 0.6 is 11.8 Å². The summed E-state index contributed by atoms with van der Waals surface area (Å²) in [6.45, 7) is 4.66. The molecule has 0 aliphatic heterocycles. The first-order valence-electron chi connectivity index (χ1n) is 5.74. The van der Waals surface area contributed by atoms with Crippen molar-refractivity contribution in [2.24, 2.45) is 5.41 Å². The monoisotopic (exact) mass is 237 g/mol. The van der Waals surface area contributed by atoms with Crippen LogP contribution in [0.3, 0.4) is 0 Å². The molecule has 0 saturated heterocycles. The summed E-state index contributed by atoms with van der Waals surface area (Å²) in [5.41, 5.74) is 0.379. The van der Waals surface area contributed by atoms with Gasteiger partial charge in [-0.2, -0.15) is 0 Å². The third-order valence-corrected chi connectivity index (χ3v) is 4.07. The molecular weight excluding hydrogens is 218 g/mol. The fraction of sp³-hybridized carbons (Fsp3) is 0.667. The van der Waals surface area contributed by atoms with Gasteiger partial charge < -0.3 is 5.32 Å². The van der Waals surface area contributed by atoms with Gasteiger partial charge in [0.1, 0.15) is 17.2 Å². The number of nitrogens with zero attached hydrogens (tertiary/aromatic N) is 2. The number of hydrogen-bond donors (Lipinski definition) is 1. The van der Waals surface area contributed by atoms with Crippen molar-refractivity contribution in [3.05, 3.63) is 12.4 Å². The molecule has 0 amide bonds. The molecule has 16 heavy (non-hydrogen) atoms. The number of nitrogens with one attached hydrogen (secondary N) is 1. The summed E-state index contributed by atoms with van der Waals surface area (Å²) < 4.78 is 0. The molecule has 1 saturated carbocycles. The van der Waals surface area contributed by atoms with Crippen molar-refractivity contribution in [2.75, 3.05) is 11.6 Å². The van der Waals surface area contributed by atoms with Gasteiger partial charge in [0.25, 0.3) is 0 Å². The Morgan fingerprint density at radius 1 is 1.44 bits per heavy atom.